The van der Waals surface area contributed by atoms with E-state index in [-0.39, 0.29) is 12.4 Å². The van der Waals surface area contributed by atoms with Gasteiger partial charge < -0.3 is 10.1 Å². The highest BCUT2D eigenvalue weighted by Gasteiger charge is 2.14. The molecule has 0 spiro atoms. The number of Topliss-reactive ketones (excluding diaryl/α,β-unsaturated/α-hetero) is 1. The summed E-state index contributed by atoms with van der Waals surface area (Å²) in [5.74, 6) is -1.13. The second-order valence-corrected chi connectivity index (χ2v) is 6.25. The van der Waals surface area contributed by atoms with E-state index in [4.69, 9.17) is 4.74 Å². The number of hydrogen-bond acceptors (Lipinski definition) is 5. The lowest BCUT2D eigenvalue weighted by Crippen LogP contribution is -2.21. The molecule has 1 heterocycles. The van der Waals surface area contributed by atoms with E-state index in [0.29, 0.717) is 15.4 Å². The van der Waals surface area contributed by atoms with Crippen LogP contribution >= 0.6 is 11.3 Å². The lowest BCUT2D eigenvalue weighted by molar-refractivity contribution is -0.119. The Labute approximate surface area is 138 Å². The Hall–Kier alpha value is -2.47. The second kappa shape index (κ2) is 7.19. The molecular weight excluding hydrogens is 314 g/mol. The quantitative estimate of drug-likeness (QED) is 0.673. The summed E-state index contributed by atoms with van der Waals surface area (Å²) in [6.07, 6.45) is 0. The number of ether oxygens (including phenoxy) is 1. The van der Waals surface area contributed by atoms with Crippen molar-refractivity contribution in [3.05, 3.63) is 51.2 Å². The van der Waals surface area contributed by atoms with Crippen molar-refractivity contribution in [2.75, 3.05) is 11.9 Å². The fourth-order valence-corrected chi connectivity index (χ4v) is 2.69. The third-order valence-corrected chi connectivity index (χ3v) is 4.32. The first-order valence-electron chi connectivity index (χ1n) is 7.02. The molecule has 0 aliphatic heterocycles. The van der Waals surface area contributed by atoms with E-state index in [1.54, 1.807) is 6.07 Å². The highest BCUT2D eigenvalue weighted by atomic mass is 32.1. The molecule has 0 bridgehead atoms. The number of anilines is 1. The number of carbonyl (C=O) groups excluding carboxylic acids is 3. The maximum absolute atomic E-state index is 11.9. The van der Waals surface area contributed by atoms with Crippen LogP contribution in [0.4, 0.5) is 5.69 Å². The van der Waals surface area contributed by atoms with Gasteiger partial charge in [0.05, 0.1) is 4.88 Å². The van der Waals surface area contributed by atoms with Gasteiger partial charge in [0.1, 0.15) is 4.88 Å². The molecule has 0 unspecified atom stereocenters. The number of aryl methyl sites for hydroxylation is 2. The van der Waals surface area contributed by atoms with Crippen LogP contribution in [0.15, 0.2) is 30.3 Å². The van der Waals surface area contributed by atoms with Gasteiger partial charge in [-0.3, -0.25) is 9.59 Å². The Morgan fingerprint density at radius 2 is 1.78 bits per heavy atom. The van der Waals surface area contributed by atoms with Crippen LogP contribution in [0.5, 0.6) is 0 Å². The average molecular weight is 331 g/mol. The first-order valence-corrected chi connectivity index (χ1v) is 7.83. The van der Waals surface area contributed by atoms with Crippen molar-refractivity contribution >= 4 is 34.7 Å². The lowest BCUT2D eigenvalue weighted by Gasteiger charge is -2.09. The smallest absolute Gasteiger partial charge is 0.348 e. The molecule has 2 aromatic rings. The number of amides is 1. The van der Waals surface area contributed by atoms with E-state index in [1.807, 2.05) is 32.0 Å². The molecule has 1 N–H and O–H groups in total. The van der Waals surface area contributed by atoms with E-state index in [9.17, 15) is 14.4 Å². The summed E-state index contributed by atoms with van der Waals surface area (Å²) in [4.78, 5) is 35.7. The molecule has 0 fully saturated rings. The monoisotopic (exact) mass is 331 g/mol. The lowest BCUT2D eigenvalue weighted by atomic mass is 10.1. The van der Waals surface area contributed by atoms with Gasteiger partial charge in [0.15, 0.2) is 12.4 Å². The molecule has 0 radical (unpaired) electrons. The SMILES string of the molecule is CC(=O)c1ccc(C(=O)OCC(=O)Nc2cc(C)ccc2C)s1. The molecule has 120 valence electrons. The number of ketones is 1. The zero-order valence-electron chi connectivity index (χ0n) is 13.1. The topological polar surface area (TPSA) is 72.5 Å². The largest absolute Gasteiger partial charge is 0.451 e. The predicted octanol–water partition coefficient (Wildman–Crippen LogP) is 3.36. The van der Waals surface area contributed by atoms with Crippen LogP contribution in [0, 0.1) is 13.8 Å². The summed E-state index contributed by atoms with van der Waals surface area (Å²) in [6, 6.07) is 8.81. The van der Waals surface area contributed by atoms with Crippen LogP contribution in [-0.2, 0) is 9.53 Å². The van der Waals surface area contributed by atoms with Crippen molar-refractivity contribution in [1.29, 1.82) is 0 Å². The number of benzene rings is 1. The summed E-state index contributed by atoms with van der Waals surface area (Å²) >= 11 is 1.05. The molecule has 0 saturated carbocycles. The normalized spacial score (nSPS) is 10.2. The molecule has 0 aliphatic rings. The van der Waals surface area contributed by atoms with E-state index in [2.05, 4.69) is 5.32 Å². The molecule has 0 aliphatic carbocycles. The Kier molecular flexibility index (Phi) is 5.28. The highest BCUT2D eigenvalue weighted by Crippen LogP contribution is 2.18. The molecule has 2 rings (SSSR count). The Balaban J connectivity index is 1.92. The first kappa shape index (κ1) is 16.9. The molecule has 6 heteroatoms. The fraction of sp³-hybridized carbons (Fsp3) is 0.235. The van der Waals surface area contributed by atoms with Gasteiger partial charge in [-0.05, 0) is 50.1 Å². The molecule has 0 saturated heterocycles. The van der Waals surface area contributed by atoms with E-state index in [1.165, 1.54) is 13.0 Å². The van der Waals surface area contributed by atoms with Crippen molar-refractivity contribution in [2.45, 2.75) is 20.8 Å². The van der Waals surface area contributed by atoms with Crippen molar-refractivity contribution in [3.8, 4) is 0 Å². The van der Waals surface area contributed by atoms with E-state index >= 15 is 0 Å². The van der Waals surface area contributed by atoms with Crippen molar-refractivity contribution in [1.82, 2.24) is 0 Å². The van der Waals surface area contributed by atoms with Crippen LogP contribution in [0.25, 0.3) is 0 Å². The third-order valence-electron chi connectivity index (χ3n) is 3.16. The molecule has 1 amide bonds. The molecule has 0 atom stereocenters. The van der Waals surface area contributed by atoms with Crippen LogP contribution in [-0.4, -0.2) is 24.3 Å². The number of esters is 1. The van der Waals surface area contributed by atoms with Gasteiger partial charge >= 0.3 is 5.97 Å². The predicted molar refractivity (Wildman–Crippen MR) is 89.2 cm³/mol. The highest BCUT2D eigenvalue weighted by molar-refractivity contribution is 7.15. The molecule has 5 nitrogen and oxygen atoms in total. The second-order valence-electron chi connectivity index (χ2n) is 5.16. The van der Waals surface area contributed by atoms with Crippen molar-refractivity contribution in [3.63, 3.8) is 0 Å². The summed E-state index contributed by atoms with van der Waals surface area (Å²) < 4.78 is 4.97. The van der Waals surface area contributed by atoms with Crippen LogP contribution < -0.4 is 5.32 Å². The minimum absolute atomic E-state index is 0.110. The van der Waals surface area contributed by atoms with Crippen LogP contribution in [0.3, 0.4) is 0 Å². The summed E-state index contributed by atoms with van der Waals surface area (Å²) in [7, 11) is 0. The summed E-state index contributed by atoms with van der Waals surface area (Å²) in [5.41, 5.74) is 2.65. The van der Waals surface area contributed by atoms with Gasteiger partial charge in [0, 0.05) is 5.69 Å². The molecule has 23 heavy (non-hydrogen) atoms. The Morgan fingerprint density at radius 1 is 1.09 bits per heavy atom. The molecule has 1 aromatic carbocycles. The maximum atomic E-state index is 11.9. The zero-order valence-corrected chi connectivity index (χ0v) is 14.0. The Morgan fingerprint density at radius 3 is 2.43 bits per heavy atom. The van der Waals surface area contributed by atoms with Gasteiger partial charge in [0.25, 0.3) is 5.91 Å². The number of hydrogen-bond donors (Lipinski definition) is 1. The van der Waals surface area contributed by atoms with E-state index < -0.39 is 11.9 Å². The number of rotatable bonds is 5. The zero-order chi connectivity index (χ0) is 17.0. The maximum Gasteiger partial charge on any atom is 0.348 e. The van der Waals surface area contributed by atoms with Gasteiger partial charge in [-0.2, -0.15) is 0 Å². The standard InChI is InChI=1S/C17H17NO4S/c1-10-4-5-11(2)13(8-10)18-16(20)9-22-17(21)15-7-6-14(23-15)12(3)19/h4-8H,9H2,1-3H3,(H,18,20). The third kappa shape index (κ3) is 4.50. The van der Waals surface area contributed by atoms with Crippen molar-refractivity contribution < 1.29 is 19.1 Å². The molecular formula is C17H17NO4S. The minimum Gasteiger partial charge on any atom is -0.451 e. The van der Waals surface area contributed by atoms with Gasteiger partial charge in [-0.15, -0.1) is 11.3 Å². The summed E-state index contributed by atoms with van der Waals surface area (Å²) in [6.45, 7) is 4.87. The Bertz CT molecular complexity index is 764. The molecule has 1 aromatic heterocycles. The van der Waals surface area contributed by atoms with Gasteiger partial charge in [-0.25, -0.2) is 4.79 Å². The van der Waals surface area contributed by atoms with Crippen molar-refractivity contribution in [2.24, 2.45) is 0 Å². The van der Waals surface area contributed by atoms with Crippen LogP contribution in [0.1, 0.15) is 37.4 Å². The van der Waals surface area contributed by atoms with Gasteiger partial charge in [0.2, 0.25) is 0 Å². The number of thiophene rings is 1. The first-order chi connectivity index (χ1) is 10.9. The van der Waals surface area contributed by atoms with E-state index in [0.717, 1.165) is 22.5 Å². The number of carbonyl (C=O) groups is 3. The summed E-state index contributed by atoms with van der Waals surface area (Å²) in [5, 5.41) is 2.71. The minimum atomic E-state index is -0.612. The number of nitrogens with one attached hydrogen (secondary N) is 1. The fourth-order valence-electron chi connectivity index (χ4n) is 1.90. The average Bonchev–Trinajstić information content (AvgIpc) is 2.99. The van der Waals surface area contributed by atoms with Crippen LogP contribution in [0.2, 0.25) is 0 Å². The van der Waals surface area contributed by atoms with Gasteiger partial charge in [-0.1, -0.05) is 12.1 Å².